The molecule has 0 aromatic rings. The highest BCUT2D eigenvalue weighted by atomic mass is 32.1. The van der Waals surface area contributed by atoms with Crippen LogP contribution in [0.1, 0.15) is 6.92 Å². The fourth-order valence-corrected chi connectivity index (χ4v) is 0.472. The van der Waals surface area contributed by atoms with Gasteiger partial charge >= 0.3 is 5.97 Å². The summed E-state index contributed by atoms with van der Waals surface area (Å²) in [6.07, 6.45) is 0. The van der Waals surface area contributed by atoms with E-state index in [9.17, 15) is 4.79 Å². The van der Waals surface area contributed by atoms with E-state index >= 15 is 0 Å². The maximum absolute atomic E-state index is 10.3. The molecule has 3 nitrogen and oxygen atoms in total. The van der Waals surface area contributed by atoms with Crippen LogP contribution in [0.15, 0.2) is 0 Å². The van der Waals surface area contributed by atoms with Crippen LogP contribution in [0.2, 0.25) is 0 Å². The minimum absolute atomic E-state index is 0.117. The van der Waals surface area contributed by atoms with Gasteiger partial charge < -0.3 is 9.84 Å². The Morgan fingerprint density at radius 1 is 1.89 bits per heavy atom. The molecule has 1 N–H and O–H groups in total. The van der Waals surface area contributed by atoms with Crippen LogP contribution in [0.25, 0.3) is 0 Å². The van der Waals surface area contributed by atoms with Crippen LogP contribution in [-0.4, -0.2) is 29.5 Å². The van der Waals surface area contributed by atoms with E-state index in [0.29, 0.717) is 0 Å². The molecule has 0 heterocycles. The minimum Gasteiger partial charge on any atom is -0.480 e. The molecule has 4 heteroatoms. The van der Waals surface area contributed by atoms with E-state index in [-0.39, 0.29) is 6.61 Å². The molecule has 0 fully saturated rings. The predicted molar refractivity (Wildman–Crippen MR) is 36.9 cm³/mol. The van der Waals surface area contributed by atoms with Crippen LogP contribution < -0.4 is 0 Å². The normalized spacial score (nSPS) is 16.8. The summed E-state index contributed by atoms with van der Waals surface area (Å²) in [7, 11) is 1.44. The van der Waals surface area contributed by atoms with Crippen molar-refractivity contribution in [2.75, 3.05) is 13.7 Å². The van der Waals surface area contributed by atoms with Crippen molar-refractivity contribution in [3.63, 3.8) is 0 Å². The third-order valence-corrected chi connectivity index (χ3v) is 1.21. The van der Waals surface area contributed by atoms with Gasteiger partial charge in [0.05, 0.1) is 6.61 Å². The molecule has 0 spiro atoms. The summed E-state index contributed by atoms with van der Waals surface area (Å²) < 4.78 is 3.55. The molecule has 0 radical (unpaired) electrons. The number of hydrogen-bond acceptors (Lipinski definition) is 3. The smallest absolute Gasteiger partial charge is 0.321 e. The first-order valence-corrected chi connectivity index (χ1v) is 2.90. The molecular weight excluding hydrogens is 140 g/mol. The average molecular weight is 150 g/mol. The number of aliphatic carboxylic acids is 1. The fraction of sp³-hybridized carbons (Fsp3) is 0.800. The molecule has 0 aliphatic heterocycles. The topological polar surface area (TPSA) is 46.5 Å². The third kappa shape index (κ3) is 2.72. The lowest BCUT2D eigenvalue weighted by Crippen LogP contribution is -2.33. The molecule has 9 heavy (non-hydrogen) atoms. The zero-order chi connectivity index (χ0) is 7.49. The molecule has 0 saturated heterocycles. The molecule has 1 atom stereocenters. The first-order chi connectivity index (χ1) is 4.00. The highest BCUT2D eigenvalue weighted by Crippen LogP contribution is 2.12. The maximum Gasteiger partial charge on any atom is 0.321 e. The second-order valence-corrected chi connectivity index (χ2v) is 3.00. The third-order valence-electron chi connectivity index (χ3n) is 0.886. The molecule has 54 valence electrons. The van der Waals surface area contributed by atoms with Crippen LogP contribution in [0.4, 0.5) is 0 Å². The van der Waals surface area contributed by atoms with E-state index in [1.165, 1.54) is 14.0 Å². The van der Waals surface area contributed by atoms with Crippen LogP contribution in [0.5, 0.6) is 0 Å². The van der Waals surface area contributed by atoms with Gasteiger partial charge in [-0.1, -0.05) is 0 Å². The molecule has 0 amide bonds. The standard InChI is InChI=1S/C5H10O3S/c1-5(9,3-8-2)4(6)7/h9H,3H2,1-2H3,(H,6,7). The van der Waals surface area contributed by atoms with E-state index in [1.807, 2.05) is 0 Å². The van der Waals surface area contributed by atoms with E-state index in [0.717, 1.165) is 0 Å². The molecule has 0 aliphatic rings. The van der Waals surface area contributed by atoms with Gasteiger partial charge in [0.1, 0.15) is 4.75 Å². The fourth-order valence-electron chi connectivity index (χ4n) is 0.343. The van der Waals surface area contributed by atoms with E-state index in [1.54, 1.807) is 0 Å². The lowest BCUT2D eigenvalue weighted by Gasteiger charge is -2.15. The van der Waals surface area contributed by atoms with Gasteiger partial charge in [-0.05, 0) is 6.92 Å². The van der Waals surface area contributed by atoms with Crippen molar-refractivity contribution in [2.24, 2.45) is 0 Å². The number of methoxy groups -OCH3 is 1. The number of hydrogen-bond donors (Lipinski definition) is 2. The van der Waals surface area contributed by atoms with Gasteiger partial charge in [-0.15, -0.1) is 0 Å². The summed E-state index contributed by atoms with van der Waals surface area (Å²) >= 11 is 3.84. The van der Waals surface area contributed by atoms with Gasteiger partial charge in [-0.3, -0.25) is 4.79 Å². The first kappa shape index (κ1) is 8.78. The quantitative estimate of drug-likeness (QED) is 0.573. The Morgan fingerprint density at radius 2 is 2.33 bits per heavy atom. The Hall–Kier alpha value is -0.220. The summed E-state index contributed by atoms with van der Waals surface area (Å²) in [5, 5.41) is 8.42. The van der Waals surface area contributed by atoms with Crippen molar-refractivity contribution in [1.29, 1.82) is 0 Å². The zero-order valence-electron chi connectivity index (χ0n) is 5.42. The van der Waals surface area contributed by atoms with Gasteiger partial charge in [0.25, 0.3) is 0 Å². The number of rotatable bonds is 3. The average Bonchev–Trinajstić information content (AvgIpc) is 1.65. The summed E-state index contributed by atoms with van der Waals surface area (Å²) in [4.78, 5) is 10.3. The van der Waals surface area contributed by atoms with Crippen LogP contribution in [0, 0.1) is 0 Å². The minimum atomic E-state index is -1.06. The van der Waals surface area contributed by atoms with Crippen LogP contribution in [0.3, 0.4) is 0 Å². The Labute approximate surface area is 59.4 Å². The molecule has 0 saturated carbocycles. The second kappa shape index (κ2) is 3.08. The number of carbonyl (C=O) groups is 1. The molecule has 0 aromatic heterocycles. The Balaban J connectivity index is 3.85. The molecule has 0 aliphatic carbocycles. The summed E-state index contributed by atoms with van der Waals surface area (Å²) in [6, 6.07) is 0. The van der Waals surface area contributed by atoms with Gasteiger partial charge in [-0.25, -0.2) is 0 Å². The molecule has 1 unspecified atom stereocenters. The Kier molecular flexibility index (Phi) is 3.00. The highest BCUT2D eigenvalue weighted by Gasteiger charge is 2.27. The maximum atomic E-state index is 10.3. The van der Waals surface area contributed by atoms with E-state index < -0.39 is 10.7 Å². The molecular formula is C5H10O3S. The summed E-state index contributed by atoms with van der Waals surface area (Å²) in [5.74, 6) is -0.965. The molecule has 0 aromatic carbocycles. The highest BCUT2D eigenvalue weighted by molar-refractivity contribution is 7.82. The number of ether oxygens (including phenoxy) is 1. The Morgan fingerprint density at radius 3 is 2.44 bits per heavy atom. The Bertz CT molecular complexity index is 111. The van der Waals surface area contributed by atoms with Crippen molar-refractivity contribution in [2.45, 2.75) is 11.7 Å². The van der Waals surface area contributed by atoms with Crippen molar-refractivity contribution < 1.29 is 14.6 Å². The van der Waals surface area contributed by atoms with Crippen LogP contribution >= 0.6 is 12.6 Å². The van der Waals surface area contributed by atoms with Gasteiger partial charge in [0, 0.05) is 7.11 Å². The van der Waals surface area contributed by atoms with Gasteiger partial charge in [0.15, 0.2) is 0 Å². The largest absolute Gasteiger partial charge is 0.480 e. The predicted octanol–water partition coefficient (Wildman–Crippen LogP) is 0.406. The number of thiol groups is 1. The zero-order valence-corrected chi connectivity index (χ0v) is 6.31. The van der Waals surface area contributed by atoms with Crippen molar-refractivity contribution >= 4 is 18.6 Å². The monoisotopic (exact) mass is 150 g/mol. The molecule has 0 rings (SSSR count). The number of carboxylic acids is 1. The van der Waals surface area contributed by atoms with Crippen molar-refractivity contribution in [1.82, 2.24) is 0 Å². The summed E-state index contributed by atoms with van der Waals surface area (Å²) in [6.45, 7) is 1.60. The second-order valence-electron chi connectivity index (χ2n) is 2.01. The number of carboxylic acid groups (broad SMARTS) is 1. The SMILES string of the molecule is COCC(C)(S)C(=O)O. The van der Waals surface area contributed by atoms with Gasteiger partial charge in [-0.2, -0.15) is 12.6 Å². The van der Waals surface area contributed by atoms with Crippen LogP contribution in [-0.2, 0) is 9.53 Å². The van der Waals surface area contributed by atoms with Crippen molar-refractivity contribution in [3.8, 4) is 0 Å². The first-order valence-electron chi connectivity index (χ1n) is 2.45. The van der Waals surface area contributed by atoms with Crippen molar-refractivity contribution in [3.05, 3.63) is 0 Å². The lowest BCUT2D eigenvalue weighted by atomic mass is 10.2. The van der Waals surface area contributed by atoms with E-state index in [4.69, 9.17) is 5.11 Å². The van der Waals surface area contributed by atoms with Gasteiger partial charge in [0.2, 0.25) is 0 Å². The lowest BCUT2D eigenvalue weighted by molar-refractivity contribution is -0.140. The van der Waals surface area contributed by atoms with E-state index in [2.05, 4.69) is 17.4 Å². The summed E-state index contributed by atoms with van der Waals surface area (Å²) in [5.41, 5.74) is 0. The molecule has 0 bridgehead atoms.